The van der Waals surface area contributed by atoms with Gasteiger partial charge in [-0.05, 0) is 30.2 Å². The van der Waals surface area contributed by atoms with Crippen molar-refractivity contribution in [1.82, 2.24) is 5.48 Å². The number of ether oxygens (including phenoxy) is 1. The van der Waals surface area contributed by atoms with Crippen LogP contribution < -0.4 is 10.2 Å². The number of hydrogen-bond donors (Lipinski definition) is 1. The summed E-state index contributed by atoms with van der Waals surface area (Å²) < 4.78 is 6.53. The molecule has 0 aliphatic rings. The Labute approximate surface area is 138 Å². The second-order valence-electron chi connectivity index (χ2n) is 4.71. The molecule has 0 atom stereocenters. The Morgan fingerprint density at radius 3 is 2.68 bits per heavy atom. The van der Waals surface area contributed by atoms with Crippen LogP contribution in [0.25, 0.3) is 0 Å². The second-order valence-corrected chi connectivity index (χ2v) is 5.62. The smallest absolute Gasteiger partial charge is 0.243 e. The van der Waals surface area contributed by atoms with E-state index in [1.807, 2.05) is 54.6 Å². The van der Waals surface area contributed by atoms with Gasteiger partial charge in [-0.3, -0.25) is 9.63 Å². The second kappa shape index (κ2) is 9.23. The van der Waals surface area contributed by atoms with Crippen LogP contribution in [0.15, 0.2) is 59.1 Å². The van der Waals surface area contributed by atoms with Crippen LogP contribution in [0.1, 0.15) is 18.4 Å². The number of amides is 1. The Bertz CT molecular complexity index is 589. The zero-order valence-corrected chi connectivity index (χ0v) is 13.7. The third kappa shape index (κ3) is 6.28. The molecule has 2 aromatic carbocycles. The van der Waals surface area contributed by atoms with Gasteiger partial charge < -0.3 is 4.74 Å². The van der Waals surface area contributed by atoms with Crippen LogP contribution in [0.4, 0.5) is 0 Å². The topological polar surface area (TPSA) is 47.6 Å². The van der Waals surface area contributed by atoms with Gasteiger partial charge >= 0.3 is 0 Å². The average molecular weight is 364 g/mol. The number of halogens is 1. The molecule has 1 N–H and O–H groups in total. The van der Waals surface area contributed by atoms with E-state index in [1.54, 1.807) is 0 Å². The quantitative estimate of drug-likeness (QED) is 0.572. The van der Waals surface area contributed by atoms with E-state index in [9.17, 15) is 4.79 Å². The first-order valence-corrected chi connectivity index (χ1v) is 7.86. The first-order valence-electron chi connectivity index (χ1n) is 7.07. The van der Waals surface area contributed by atoms with E-state index in [0.29, 0.717) is 26.1 Å². The number of hydrogen-bond acceptors (Lipinski definition) is 3. The van der Waals surface area contributed by atoms with E-state index < -0.39 is 0 Å². The van der Waals surface area contributed by atoms with Crippen molar-refractivity contribution in [3.63, 3.8) is 0 Å². The van der Waals surface area contributed by atoms with Crippen LogP contribution in [-0.4, -0.2) is 12.5 Å². The fourth-order valence-corrected chi connectivity index (χ4v) is 2.18. The van der Waals surface area contributed by atoms with E-state index in [1.165, 1.54) is 0 Å². The summed E-state index contributed by atoms with van der Waals surface area (Å²) in [5.74, 6) is 0.642. The molecule has 2 aromatic rings. The lowest BCUT2D eigenvalue weighted by atomic mass is 10.2. The van der Waals surface area contributed by atoms with Crippen LogP contribution >= 0.6 is 15.9 Å². The van der Waals surface area contributed by atoms with E-state index in [-0.39, 0.29) is 5.91 Å². The lowest BCUT2D eigenvalue weighted by Crippen LogP contribution is -2.23. The number of carbonyl (C=O) groups excluding carboxylic acids is 1. The molecule has 5 heteroatoms. The zero-order valence-electron chi connectivity index (χ0n) is 12.1. The van der Waals surface area contributed by atoms with E-state index in [4.69, 9.17) is 9.57 Å². The Morgan fingerprint density at radius 1 is 1.09 bits per heavy atom. The molecule has 22 heavy (non-hydrogen) atoms. The number of carbonyl (C=O) groups is 1. The van der Waals surface area contributed by atoms with Crippen LogP contribution in [-0.2, 0) is 16.2 Å². The maximum absolute atomic E-state index is 11.6. The molecule has 0 fully saturated rings. The van der Waals surface area contributed by atoms with Crippen molar-refractivity contribution in [1.29, 1.82) is 0 Å². The summed E-state index contributed by atoms with van der Waals surface area (Å²) >= 11 is 3.38. The standard InChI is InChI=1S/C17H18BrNO3/c18-15-8-4-9-16(12-15)21-11-5-10-17(20)19-22-13-14-6-2-1-3-7-14/h1-4,6-9,12H,5,10-11,13H2,(H,19,20). The molecule has 2 rings (SSSR count). The maximum Gasteiger partial charge on any atom is 0.243 e. The summed E-state index contributed by atoms with van der Waals surface area (Å²) in [4.78, 5) is 16.8. The van der Waals surface area contributed by atoms with Gasteiger partial charge in [-0.15, -0.1) is 0 Å². The summed E-state index contributed by atoms with van der Waals surface area (Å²) in [5.41, 5.74) is 3.45. The fraction of sp³-hybridized carbons (Fsp3) is 0.235. The lowest BCUT2D eigenvalue weighted by Gasteiger charge is -2.07. The summed E-state index contributed by atoms with van der Waals surface area (Å²) in [5, 5.41) is 0. The average Bonchev–Trinajstić information content (AvgIpc) is 2.53. The Kier molecular flexibility index (Phi) is 6.93. The summed E-state index contributed by atoms with van der Waals surface area (Å²) in [6, 6.07) is 17.3. The minimum absolute atomic E-state index is 0.145. The SMILES string of the molecule is O=C(CCCOc1cccc(Br)c1)NOCc1ccccc1. The Morgan fingerprint density at radius 2 is 1.91 bits per heavy atom. The molecule has 0 unspecified atom stereocenters. The van der Waals surface area contributed by atoms with Crippen LogP contribution in [0.3, 0.4) is 0 Å². The van der Waals surface area contributed by atoms with Gasteiger partial charge in [-0.25, -0.2) is 5.48 Å². The molecule has 0 aliphatic carbocycles. The summed E-state index contributed by atoms with van der Waals surface area (Å²) in [6.45, 7) is 0.851. The van der Waals surface area contributed by atoms with Crippen molar-refractivity contribution in [3.8, 4) is 5.75 Å². The molecule has 116 valence electrons. The van der Waals surface area contributed by atoms with Gasteiger partial charge in [0.1, 0.15) is 5.75 Å². The monoisotopic (exact) mass is 363 g/mol. The molecule has 0 aromatic heterocycles. The third-order valence-electron chi connectivity index (χ3n) is 2.88. The molecule has 0 spiro atoms. The third-order valence-corrected chi connectivity index (χ3v) is 3.37. The molecule has 0 saturated carbocycles. The van der Waals surface area contributed by atoms with Gasteiger partial charge in [0.25, 0.3) is 0 Å². The molecule has 0 radical (unpaired) electrons. The zero-order chi connectivity index (χ0) is 15.6. The van der Waals surface area contributed by atoms with Gasteiger partial charge in [0.05, 0.1) is 13.2 Å². The van der Waals surface area contributed by atoms with E-state index in [0.717, 1.165) is 15.8 Å². The van der Waals surface area contributed by atoms with E-state index >= 15 is 0 Å². The molecule has 4 nitrogen and oxygen atoms in total. The number of nitrogens with one attached hydrogen (secondary N) is 1. The molecular formula is C17H18BrNO3. The Balaban J connectivity index is 1.56. The van der Waals surface area contributed by atoms with Crippen molar-refractivity contribution in [3.05, 3.63) is 64.6 Å². The summed E-state index contributed by atoms with van der Waals surface area (Å²) in [6.07, 6.45) is 0.996. The number of benzene rings is 2. The predicted octanol–water partition coefficient (Wildman–Crippen LogP) is 3.86. The summed E-state index contributed by atoms with van der Waals surface area (Å²) in [7, 11) is 0. The normalized spacial score (nSPS) is 10.2. The number of hydroxylamine groups is 1. The molecular weight excluding hydrogens is 346 g/mol. The molecule has 0 aliphatic heterocycles. The van der Waals surface area contributed by atoms with Crippen LogP contribution in [0.5, 0.6) is 5.75 Å². The highest BCUT2D eigenvalue weighted by Gasteiger charge is 2.02. The van der Waals surface area contributed by atoms with Crippen molar-refractivity contribution in [2.45, 2.75) is 19.4 Å². The predicted molar refractivity (Wildman–Crippen MR) is 88.2 cm³/mol. The first-order chi connectivity index (χ1) is 10.7. The van der Waals surface area contributed by atoms with Gasteiger partial charge in [-0.2, -0.15) is 0 Å². The minimum Gasteiger partial charge on any atom is -0.494 e. The highest BCUT2D eigenvalue weighted by molar-refractivity contribution is 9.10. The van der Waals surface area contributed by atoms with Gasteiger partial charge in [0, 0.05) is 10.9 Å². The molecule has 0 bridgehead atoms. The maximum atomic E-state index is 11.6. The highest BCUT2D eigenvalue weighted by atomic mass is 79.9. The van der Waals surface area contributed by atoms with Gasteiger partial charge in [0.2, 0.25) is 5.91 Å². The first kappa shape index (κ1) is 16.5. The molecule has 0 saturated heterocycles. The van der Waals surface area contributed by atoms with Crippen molar-refractivity contribution >= 4 is 21.8 Å². The van der Waals surface area contributed by atoms with Crippen molar-refractivity contribution in [2.24, 2.45) is 0 Å². The van der Waals surface area contributed by atoms with Crippen LogP contribution in [0.2, 0.25) is 0 Å². The minimum atomic E-state index is -0.145. The fourth-order valence-electron chi connectivity index (χ4n) is 1.80. The highest BCUT2D eigenvalue weighted by Crippen LogP contribution is 2.17. The van der Waals surface area contributed by atoms with E-state index in [2.05, 4.69) is 21.4 Å². The van der Waals surface area contributed by atoms with Crippen molar-refractivity contribution < 1.29 is 14.4 Å². The molecule has 0 heterocycles. The van der Waals surface area contributed by atoms with Crippen molar-refractivity contribution in [2.75, 3.05) is 6.61 Å². The van der Waals surface area contributed by atoms with Gasteiger partial charge in [-0.1, -0.05) is 52.3 Å². The lowest BCUT2D eigenvalue weighted by molar-refractivity contribution is -0.134. The number of rotatable bonds is 8. The van der Waals surface area contributed by atoms with Crippen LogP contribution in [0, 0.1) is 0 Å². The Hall–Kier alpha value is -1.85. The largest absolute Gasteiger partial charge is 0.494 e. The molecule has 1 amide bonds. The van der Waals surface area contributed by atoms with Gasteiger partial charge in [0.15, 0.2) is 0 Å².